The Morgan fingerprint density at radius 1 is 1.18 bits per heavy atom. The van der Waals surface area contributed by atoms with E-state index in [0.717, 1.165) is 23.2 Å². The number of pyridine rings is 1. The monoisotopic (exact) mass is 360 g/mol. The first-order valence-electron chi connectivity index (χ1n) is 9.50. The molecule has 0 radical (unpaired) electrons. The van der Waals surface area contributed by atoms with Crippen molar-refractivity contribution in [3.8, 4) is 11.3 Å². The molecule has 0 N–H and O–H groups in total. The summed E-state index contributed by atoms with van der Waals surface area (Å²) in [6.45, 7) is 4.39. The molecule has 1 aromatic carbocycles. The molecule has 1 nitrogen and oxygen atoms in total. The topological polar surface area (TPSA) is 12.9 Å². The molecule has 0 saturated carbocycles. The van der Waals surface area contributed by atoms with Crippen LogP contribution in [0.25, 0.3) is 11.3 Å². The second-order valence-corrected chi connectivity index (χ2v) is 18.2. The summed E-state index contributed by atoms with van der Waals surface area (Å²) in [6.07, 6.45) is 3.13. The molecule has 0 unspecified atom stereocenters. The summed E-state index contributed by atoms with van der Waals surface area (Å²) >= 11 is -1.98. The standard InChI is InChI=1S/C20H29GeN/c1-14(2)10-17-12-20(22-13-19(17)21(5,6)7)18-9-8-15(3)11-16(18)4/h8-9,11-14H,10H2,1-7H3/i3D3. The minimum absolute atomic E-state index is 0.387. The van der Waals surface area contributed by atoms with Gasteiger partial charge in [0, 0.05) is 0 Å². The van der Waals surface area contributed by atoms with Gasteiger partial charge >= 0.3 is 142 Å². The Morgan fingerprint density at radius 3 is 2.45 bits per heavy atom. The van der Waals surface area contributed by atoms with E-state index in [1.54, 1.807) is 12.1 Å². The fourth-order valence-corrected chi connectivity index (χ4v) is 6.21. The summed E-state index contributed by atoms with van der Waals surface area (Å²) in [5.41, 5.74) is 4.72. The molecule has 2 aromatic rings. The number of hydrogen-bond donors (Lipinski definition) is 0. The zero-order valence-corrected chi connectivity index (χ0v) is 16.7. The predicted octanol–water partition coefficient (Wildman–Crippen LogP) is 5.11. The van der Waals surface area contributed by atoms with Crippen LogP contribution in [0.2, 0.25) is 17.3 Å². The average Bonchev–Trinajstić information content (AvgIpc) is 2.44. The van der Waals surface area contributed by atoms with E-state index in [9.17, 15) is 0 Å². The van der Waals surface area contributed by atoms with Crippen LogP contribution in [0.15, 0.2) is 30.5 Å². The van der Waals surface area contributed by atoms with E-state index >= 15 is 0 Å². The number of benzene rings is 1. The van der Waals surface area contributed by atoms with Crippen molar-refractivity contribution in [2.45, 2.75) is 51.3 Å². The van der Waals surface area contributed by atoms with E-state index in [4.69, 9.17) is 9.10 Å². The van der Waals surface area contributed by atoms with Crippen molar-refractivity contribution in [2.75, 3.05) is 0 Å². The van der Waals surface area contributed by atoms with Gasteiger partial charge in [0.25, 0.3) is 0 Å². The molecule has 1 heterocycles. The predicted molar refractivity (Wildman–Crippen MR) is 101 cm³/mol. The maximum atomic E-state index is 7.58. The fraction of sp³-hybridized carbons (Fsp3) is 0.450. The average molecular weight is 359 g/mol. The van der Waals surface area contributed by atoms with Crippen molar-refractivity contribution >= 4 is 17.7 Å². The third kappa shape index (κ3) is 4.01. The molecule has 0 saturated heterocycles. The molecule has 0 aliphatic rings. The number of aromatic nitrogens is 1. The molecule has 0 aliphatic carbocycles. The Balaban J connectivity index is 2.53. The normalized spacial score (nSPS) is 14.6. The molecule has 0 atom stereocenters. The van der Waals surface area contributed by atoms with Crippen LogP contribution in [-0.4, -0.2) is 18.3 Å². The second kappa shape index (κ2) is 6.58. The second-order valence-electron chi connectivity index (χ2n) is 7.60. The molecule has 0 fully saturated rings. The summed E-state index contributed by atoms with van der Waals surface area (Å²) < 4.78 is 24.2. The summed E-state index contributed by atoms with van der Waals surface area (Å²) in [4.78, 5) is 4.74. The van der Waals surface area contributed by atoms with Gasteiger partial charge in [-0.25, -0.2) is 0 Å². The maximum absolute atomic E-state index is 7.58. The van der Waals surface area contributed by atoms with Crippen LogP contribution in [0.4, 0.5) is 0 Å². The molecular formula is C20H29GeN. The van der Waals surface area contributed by atoms with Gasteiger partial charge in [-0.2, -0.15) is 0 Å². The van der Waals surface area contributed by atoms with Crippen LogP contribution >= 0.6 is 0 Å². The molecule has 0 bridgehead atoms. The van der Waals surface area contributed by atoms with Crippen molar-refractivity contribution in [1.82, 2.24) is 4.98 Å². The molecule has 22 heavy (non-hydrogen) atoms. The molecule has 0 spiro atoms. The van der Waals surface area contributed by atoms with E-state index in [-0.39, 0.29) is 0 Å². The Bertz CT molecular complexity index is 759. The van der Waals surface area contributed by atoms with Gasteiger partial charge in [0.15, 0.2) is 0 Å². The van der Waals surface area contributed by atoms with Gasteiger partial charge in [0.1, 0.15) is 0 Å². The number of aryl methyl sites for hydroxylation is 2. The van der Waals surface area contributed by atoms with Crippen LogP contribution in [0.1, 0.15) is 34.7 Å². The quantitative estimate of drug-likeness (QED) is 0.692. The SMILES string of the molecule is [2H]C([2H])([2H])c1ccc(-c2cc(CC(C)C)[c]([Ge]([CH3])([CH3])[CH3])cn2)c(C)c1. The Kier molecular flexibility index (Phi) is 3.99. The van der Waals surface area contributed by atoms with Crippen LogP contribution < -0.4 is 4.40 Å². The zero-order valence-electron chi connectivity index (χ0n) is 17.6. The Hall–Kier alpha value is -1.09. The van der Waals surface area contributed by atoms with Gasteiger partial charge in [0.05, 0.1) is 0 Å². The van der Waals surface area contributed by atoms with Crippen molar-refractivity contribution in [3.63, 3.8) is 0 Å². The molecule has 0 aliphatic heterocycles. The molecule has 2 heteroatoms. The number of nitrogens with zero attached hydrogens (tertiary/aromatic N) is 1. The van der Waals surface area contributed by atoms with Crippen molar-refractivity contribution in [3.05, 3.63) is 47.2 Å². The fourth-order valence-electron chi connectivity index (χ4n) is 2.88. The van der Waals surface area contributed by atoms with Crippen LogP contribution in [0.3, 0.4) is 0 Å². The van der Waals surface area contributed by atoms with Gasteiger partial charge in [-0.3, -0.25) is 0 Å². The first kappa shape index (κ1) is 13.4. The van der Waals surface area contributed by atoms with Gasteiger partial charge in [0.2, 0.25) is 0 Å². The van der Waals surface area contributed by atoms with E-state index in [2.05, 4.69) is 43.4 Å². The minimum atomic E-state index is -2.07. The summed E-state index contributed by atoms with van der Waals surface area (Å²) in [7, 11) is 0. The van der Waals surface area contributed by atoms with Gasteiger partial charge < -0.3 is 0 Å². The zero-order chi connectivity index (χ0) is 19.0. The Morgan fingerprint density at radius 2 is 1.91 bits per heavy atom. The van der Waals surface area contributed by atoms with E-state index in [1.807, 2.05) is 13.0 Å². The molecule has 118 valence electrons. The summed E-state index contributed by atoms with van der Waals surface area (Å²) in [6, 6.07) is 7.59. The third-order valence-electron chi connectivity index (χ3n) is 3.93. The van der Waals surface area contributed by atoms with Crippen LogP contribution in [-0.2, 0) is 6.42 Å². The summed E-state index contributed by atoms with van der Waals surface area (Å²) in [5.74, 6) is 7.79. The van der Waals surface area contributed by atoms with Gasteiger partial charge in [-0.15, -0.1) is 0 Å². The Labute approximate surface area is 142 Å². The van der Waals surface area contributed by atoms with E-state index in [0.29, 0.717) is 11.5 Å². The van der Waals surface area contributed by atoms with Gasteiger partial charge in [-0.1, -0.05) is 0 Å². The van der Waals surface area contributed by atoms with Gasteiger partial charge in [-0.05, 0) is 0 Å². The molecular weight excluding hydrogens is 327 g/mol. The number of rotatable bonds is 4. The molecule has 2 rings (SSSR count). The van der Waals surface area contributed by atoms with Crippen LogP contribution in [0.5, 0.6) is 0 Å². The van der Waals surface area contributed by atoms with Crippen molar-refractivity contribution < 1.29 is 4.11 Å². The summed E-state index contributed by atoms with van der Waals surface area (Å²) in [5, 5.41) is 0. The van der Waals surface area contributed by atoms with Crippen molar-refractivity contribution in [2.24, 2.45) is 5.92 Å². The molecule has 0 amide bonds. The first-order valence-corrected chi connectivity index (χ1v) is 15.3. The van der Waals surface area contributed by atoms with E-state index < -0.39 is 20.1 Å². The number of hydrogen-bond acceptors (Lipinski definition) is 1. The van der Waals surface area contributed by atoms with Crippen LogP contribution in [0, 0.1) is 19.7 Å². The molecule has 1 aromatic heterocycles. The van der Waals surface area contributed by atoms with E-state index in [1.165, 1.54) is 9.96 Å². The van der Waals surface area contributed by atoms with Crippen molar-refractivity contribution in [1.29, 1.82) is 0 Å². The first-order chi connectivity index (χ1) is 11.4. The third-order valence-corrected chi connectivity index (χ3v) is 8.26.